The molecule has 0 aliphatic rings. The number of halogens is 2. The van der Waals surface area contributed by atoms with Crippen LogP contribution in [0.25, 0.3) is 0 Å². The third-order valence-corrected chi connectivity index (χ3v) is 3.64. The molecule has 0 heterocycles. The topological polar surface area (TPSA) is 12.0 Å². The summed E-state index contributed by atoms with van der Waals surface area (Å²) in [7, 11) is 0. The number of thioether (sulfide) groups is 1. The van der Waals surface area contributed by atoms with E-state index in [4.69, 9.17) is 0 Å². The molecule has 100 valence electrons. The Morgan fingerprint density at radius 1 is 1.05 bits per heavy atom. The average Bonchev–Trinajstić information content (AvgIpc) is 2.42. The van der Waals surface area contributed by atoms with E-state index in [0.717, 1.165) is 22.7 Å². The molecule has 0 saturated heterocycles. The van der Waals surface area contributed by atoms with Gasteiger partial charge in [0.2, 0.25) is 0 Å². The van der Waals surface area contributed by atoms with Crippen molar-refractivity contribution < 1.29 is 8.78 Å². The molecule has 2 rings (SSSR count). The van der Waals surface area contributed by atoms with Crippen molar-refractivity contribution in [3.05, 3.63) is 59.7 Å². The lowest BCUT2D eigenvalue weighted by atomic mass is 10.1. The number of nitrogens with one attached hydrogen (secondary N) is 1. The Morgan fingerprint density at radius 3 is 2.37 bits per heavy atom. The molecule has 1 N–H and O–H groups in total. The molecule has 0 bridgehead atoms. The van der Waals surface area contributed by atoms with Crippen LogP contribution in [-0.2, 0) is 0 Å². The fourth-order valence-electron chi connectivity index (χ4n) is 1.86. The molecule has 0 aliphatic heterocycles. The molecule has 0 aromatic heterocycles. The van der Waals surface area contributed by atoms with Gasteiger partial charge in [-0.2, -0.15) is 0 Å². The van der Waals surface area contributed by atoms with Crippen LogP contribution in [0, 0.1) is 11.6 Å². The van der Waals surface area contributed by atoms with Crippen LogP contribution in [0.3, 0.4) is 0 Å². The van der Waals surface area contributed by atoms with Crippen molar-refractivity contribution in [2.45, 2.75) is 17.9 Å². The van der Waals surface area contributed by atoms with Crippen LogP contribution in [0.1, 0.15) is 18.5 Å². The molecule has 4 heteroatoms. The number of hydrogen-bond acceptors (Lipinski definition) is 2. The second-order valence-corrected chi connectivity index (χ2v) is 5.14. The van der Waals surface area contributed by atoms with Crippen molar-refractivity contribution in [2.75, 3.05) is 11.6 Å². The van der Waals surface area contributed by atoms with Gasteiger partial charge in [-0.1, -0.05) is 0 Å². The number of benzene rings is 2. The van der Waals surface area contributed by atoms with Gasteiger partial charge in [0.05, 0.1) is 6.04 Å². The molecule has 19 heavy (non-hydrogen) atoms. The Morgan fingerprint density at radius 2 is 1.74 bits per heavy atom. The molecule has 0 spiro atoms. The van der Waals surface area contributed by atoms with Gasteiger partial charge in [-0.15, -0.1) is 11.8 Å². The summed E-state index contributed by atoms with van der Waals surface area (Å²) in [6.07, 6.45) is 2.01. The molecule has 1 atom stereocenters. The maximum atomic E-state index is 13.6. The van der Waals surface area contributed by atoms with E-state index in [1.807, 2.05) is 30.5 Å². The van der Waals surface area contributed by atoms with Crippen molar-refractivity contribution in [1.29, 1.82) is 0 Å². The highest BCUT2D eigenvalue weighted by Gasteiger charge is 2.11. The number of hydrogen-bond donors (Lipinski definition) is 1. The minimum absolute atomic E-state index is 0.296. The zero-order valence-corrected chi connectivity index (χ0v) is 11.6. The van der Waals surface area contributed by atoms with E-state index >= 15 is 0 Å². The third kappa shape index (κ3) is 3.47. The molecule has 0 aliphatic carbocycles. The minimum atomic E-state index is -0.428. The SMILES string of the molecule is CSc1ccc(NC(C)c2cc(F)ccc2F)cc1. The van der Waals surface area contributed by atoms with E-state index < -0.39 is 11.6 Å². The first-order chi connectivity index (χ1) is 9.10. The summed E-state index contributed by atoms with van der Waals surface area (Å²) in [6, 6.07) is 11.0. The van der Waals surface area contributed by atoms with Crippen molar-refractivity contribution in [1.82, 2.24) is 0 Å². The summed E-state index contributed by atoms with van der Waals surface area (Å²) < 4.78 is 26.8. The Labute approximate surface area is 116 Å². The van der Waals surface area contributed by atoms with Gasteiger partial charge < -0.3 is 5.32 Å². The zero-order chi connectivity index (χ0) is 13.8. The predicted octanol–water partition coefficient (Wildman–Crippen LogP) is 4.86. The molecule has 1 unspecified atom stereocenters. The maximum Gasteiger partial charge on any atom is 0.128 e. The Balaban J connectivity index is 2.15. The summed E-state index contributed by atoms with van der Waals surface area (Å²) in [5, 5.41) is 3.16. The fraction of sp³-hybridized carbons (Fsp3) is 0.200. The quantitative estimate of drug-likeness (QED) is 0.802. The number of anilines is 1. The van der Waals surface area contributed by atoms with Crippen LogP contribution in [0.2, 0.25) is 0 Å². The number of rotatable bonds is 4. The highest BCUT2D eigenvalue weighted by molar-refractivity contribution is 7.98. The largest absolute Gasteiger partial charge is 0.378 e. The van der Waals surface area contributed by atoms with E-state index in [-0.39, 0.29) is 6.04 Å². The molecule has 1 nitrogen and oxygen atoms in total. The van der Waals surface area contributed by atoms with E-state index in [1.54, 1.807) is 18.7 Å². The van der Waals surface area contributed by atoms with Gasteiger partial charge in [0.15, 0.2) is 0 Å². The predicted molar refractivity (Wildman–Crippen MR) is 76.6 cm³/mol. The van der Waals surface area contributed by atoms with Gasteiger partial charge in [-0.25, -0.2) is 8.78 Å². The highest BCUT2D eigenvalue weighted by atomic mass is 32.2. The van der Waals surface area contributed by atoms with E-state index in [2.05, 4.69) is 5.32 Å². The summed E-state index contributed by atoms with van der Waals surface area (Å²) in [6.45, 7) is 1.81. The first-order valence-corrected chi connectivity index (χ1v) is 7.18. The second kappa shape index (κ2) is 6.06. The molecule has 0 radical (unpaired) electrons. The smallest absolute Gasteiger partial charge is 0.128 e. The second-order valence-electron chi connectivity index (χ2n) is 4.26. The van der Waals surface area contributed by atoms with Crippen molar-refractivity contribution in [3.63, 3.8) is 0 Å². The Hall–Kier alpha value is -1.55. The van der Waals surface area contributed by atoms with E-state index in [1.165, 1.54) is 6.07 Å². The van der Waals surface area contributed by atoms with Gasteiger partial charge in [0.25, 0.3) is 0 Å². The standard InChI is InChI=1S/C15H15F2NS/c1-10(14-9-11(16)3-8-15(14)17)18-12-4-6-13(19-2)7-5-12/h3-10,18H,1-2H3. The van der Waals surface area contributed by atoms with E-state index in [0.29, 0.717) is 5.56 Å². The maximum absolute atomic E-state index is 13.6. The van der Waals surface area contributed by atoms with Gasteiger partial charge in [0.1, 0.15) is 11.6 Å². The van der Waals surface area contributed by atoms with Crippen LogP contribution in [0.15, 0.2) is 47.4 Å². The molecule has 2 aromatic carbocycles. The normalized spacial score (nSPS) is 12.2. The fourth-order valence-corrected chi connectivity index (χ4v) is 2.27. The van der Waals surface area contributed by atoms with Crippen LogP contribution >= 0.6 is 11.8 Å². The summed E-state index contributed by atoms with van der Waals surface area (Å²) in [4.78, 5) is 1.16. The minimum Gasteiger partial charge on any atom is -0.378 e. The van der Waals surface area contributed by atoms with Crippen molar-refractivity contribution in [2.24, 2.45) is 0 Å². The lowest BCUT2D eigenvalue weighted by molar-refractivity contribution is 0.577. The summed E-state index contributed by atoms with van der Waals surface area (Å²) >= 11 is 1.66. The Kier molecular flexibility index (Phi) is 4.43. The lowest BCUT2D eigenvalue weighted by Gasteiger charge is -2.16. The first-order valence-electron chi connectivity index (χ1n) is 5.95. The highest BCUT2D eigenvalue weighted by Crippen LogP contribution is 2.24. The van der Waals surface area contributed by atoms with Gasteiger partial charge >= 0.3 is 0 Å². The Bertz CT molecular complexity index is 555. The molecular weight excluding hydrogens is 264 g/mol. The third-order valence-electron chi connectivity index (χ3n) is 2.90. The molecule has 0 fully saturated rings. The van der Waals surface area contributed by atoms with Crippen molar-refractivity contribution in [3.8, 4) is 0 Å². The van der Waals surface area contributed by atoms with Crippen LogP contribution in [0.4, 0.5) is 14.5 Å². The lowest BCUT2D eigenvalue weighted by Crippen LogP contribution is -2.09. The van der Waals surface area contributed by atoms with E-state index in [9.17, 15) is 8.78 Å². The van der Waals surface area contributed by atoms with Crippen LogP contribution in [-0.4, -0.2) is 6.26 Å². The molecule has 0 saturated carbocycles. The van der Waals surface area contributed by atoms with Crippen molar-refractivity contribution >= 4 is 17.4 Å². The average molecular weight is 279 g/mol. The van der Waals surface area contributed by atoms with Gasteiger partial charge in [-0.05, 0) is 55.6 Å². The molecule has 0 amide bonds. The summed E-state index contributed by atoms with van der Waals surface area (Å²) in [5.74, 6) is -0.829. The molecular formula is C15H15F2NS. The van der Waals surface area contributed by atoms with Crippen LogP contribution in [0.5, 0.6) is 0 Å². The summed E-state index contributed by atoms with van der Waals surface area (Å²) in [5.41, 5.74) is 1.21. The monoisotopic (exact) mass is 279 g/mol. The van der Waals surface area contributed by atoms with Gasteiger partial charge in [0, 0.05) is 16.1 Å². The molecule has 2 aromatic rings. The van der Waals surface area contributed by atoms with Gasteiger partial charge in [-0.3, -0.25) is 0 Å². The first kappa shape index (κ1) is 13.9. The zero-order valence-electron chi connectivity index (χ0n) is 10.8. The van der Waals surface area contributed by atoms with Crippen LogP contribution < -0.4 is 5.32 Å².